The largest absolute Gasteiger partial charge is 0.408 e. The molecular formula is C11H16N4OS. The van der Waals surface area contributed by atoms with Crippen LogP contribution in [-0.2, 0) is 13.0 Å². The lowest BCUT2D eigenvalue weighted by molar-refractivity contribution is 0.484. The van der Waals surface area contributed by atoms with Crippen LogP contribution < -0.4 is 10.6 Å². The summed E-state index contributed by atoms with van der Waals surface area (Å²) >= 11 is 1.73. The Kier molecular flexibility index (Phi) is 4.11. The molecule has 5 nitrogen and oxygen atoms in total. The van der Waals surface area contributed by atoms with Gasteiger partial charge in [-0.2, -0.15) is 0 Å². The van der Waals surface area contributed by atoms with Gasteiger partial charge in [-0.1, -0.05) is 11.2 Å². The average molecular weight is 252 g/mol. The summed E-state index contributed by atoms with van der Waals surface area (Å²) in [5.41, 5.74) is 5.45. The maximum atomic E-state index is 5.55. The third-order valence-corrected chi connectivity index (χ3v) is 3.25. The summed E-state index contributed by atoms with van der Waals surface area (Å²) in [5.74, 6) is 0.604. The first-order valence-corrected chi connectivity index (χ1v) is 6.51. The molecule has 2 aromatic rings. The van der Waals surface area contributed by atoms with E-state index in [1.165, 1.54) is 4.88 Å². The van der Waals surface area contributed by atoms with Crippen molar-refractivity contribution in [3.05, 3.63) is 28.3 Å². The Bertz CT molecular complexity index is 440. The van der Waals surface area contributed by atoms with Crippen molar-refractivity contribution in [2.24, 2.45) is 5.73 Å². The van der Waals surface area contributed by atoms with Gasteiger partial charge in [0.2, 0.25) is 5.89 Å². The summed E-state index contributed by atoms with van der Waals surface area (Å²) < 4.78 is 5.55. The number of nitrogens with two attached hydrogens (primary N) is 1. The summed E-state index contributed by atoms with van der Waals surface area (Å²) in [4.78, 5) is 3.34. The van der Waals surface area contributed by atoms with Crippen LogP contribution in [0.1, 0.15) is 17.7 Å². The van der Waals surface area contributed by atoms with E-state index < -0.39 is 0 Å². The van der Waals surface area contributed by atoms with Crippen LogP contribution in [0, 0.1) is 0 Å². The van der Waals surface area contributed by atoms with Crippen molar-refractivity contribution in [2.75, 3.05) is 18.0 Å². The van der Waals surface area contributed by atoms with Gasteiger partial charge in [0.15, 0.2) is 0 Å². The second-order valence-electron chi connectivity index (χ2n) is 3.61. The van der Waals surface area contributed by atoms with Crippen molar-refractivity contribution < 1.29 is 4.42 Å². The average Bonchev–Trinajstić information content (AvgIpc) is 2.97. The Morgan fingerprint density at radius 2 is 2.35 bits per heavy atom. The molecule has 0 aliphatic rings. The van der Waals surface area contributed by atoms with Gasteiger partial charge in [-0.05, 0) is 18.4 Å². The molecule has 2 aromatic heterocycles. The molecule has 0 atom stereocenters. The number of thiophene rings is 1. The normalized spacial score (nSPS) is 10.7. The fourth-order valence-electron chi connectivity index (χ4n) is 1.50. The third kappa shape index (κ3) is 3.04. The topological polar surface area (TPSA) is 68.2 Å². The lowest BCUT2D eigenvalue weighted by atomic mass is 10.4. The van der Waals surface area contributed by atoms with Crippen LogP contribution in [-0.4, -0.2) is 23.3 Å². The van der Waals surface area contributed by atoms with E-state index in [1.54, 1.807) is 11.3 Å². The van der Waals surface area contributed by atoms with Crippen LogP contribution in [0.15, 0.2) is 21.9 Å². The second-order valence-corrected chi connectivity index (χ2v) is 4.64. The molecule has 2 heterocycles. The van der Waals surface area contributed by atoms with Crippen LogP contribution in [0.5, 0.6) is 0 Å². The summed E-state index contributed by atoms with van der Waals surface area (Å²) in [6, 6.07) is 4.72. The molecule has 2 rings (SSSR count). The predicted molar refractivity (Wildman–Crippen MR) is 68.1 cm³/mol. The SMILES string of the molecule is CCN(Cc1cccs1)c1nnc(CCN)o1. The van der Waals surface area contributed by atoms with Crippen molar-refractivity contribution in [1.29, 1.82) is 0 Å². The molecule has 0 aliphatic heterocycles. The van der Waals surface area contributed by atoms with Crippen LogP contribution in [0.25, 0.3) is 0 Å². The third-order valence-electron chi connectivity index (χ3n) is 2.39. The van der Waals surface area contributed by atoms with Crippen LogP contribution >= 0.6 is 11.3 Å². The molecule has 2 N–H and O–H groups in total. The Hall–Kier alpha value is -1.40. The zero-order valence-electron chi connectivity index (χ0n) is 9.80. The molecule has 0 fully saturated rings. The molecule has 17 heavy (non-hydrogen) atoms. The molecule has 0 saturated heterocycles. The van der Waals surface area contributed by atoms with Crippen LogP contribution in [0.4, 0.5) is 6.01 Å². The van der Waals surface area contributed by atoms with E-state index in [0.29, 0.717) is 24.9 Å². The Balaban J connectivity index is 2.06. The van der Waals surface area contributed by atoms with E-state index in [4.69, 9.17) is 10.2 Å². The highest BCUT2D eigenvalue weighted by molar-refractivity contribution is 7.09. The minimum atomic E-state index is 0.526. The van der Waals surface area contributed by atoms with Gasteiger partial charge in [0.25, 0.3) is 0 Å². The lowest BCUT2D eigenvalue weighted by Crippen LogP contribution is -2.21. The molecule has 0 aromatic carbocycles. The highest BCUT2D eigenvalue weighted by Crippen LogP contribution is 2.18. The molecule has 92 valence electrons. The standard InChI is InChI=1S/C11H16N4OS/c1-2-15(8-9-4-3-7-17-9)11-14-13-10(16-11)5-6-12/h3-4,7H,2,5-6,8,12H2,1H3. The number of nitrogens with zero attached hydrogens (tertiary/aromatic N) is 3. The molecule has 0 saturated carbocycles. The summed E-state index contributed by atoms with van der Waals surface area (Å²) in [7, 11) is 0. The minimum absolute atomic E-state index is 0.526. The van der Waals surface area contributed by atoms with Gasteiger partial charge in [0.1, 0.15) is 0 Å². The highest BCUT2D eigenvalue weighted by Gasteiger charge is 2.13. The van der Waals surface area contributed by atoms with E-state index in [0.717, 1.165) is 13.1 Å². The fourth-order valence-corrected chi connectivity index (χ4v) is 2.22. The molecule has 0 radical (unpaired) electrons. The first kappa shape index (κ1) is 12.1. The molecular weight excluding hydrogens is 236 g/mol. The Morgan fingerprint density at radius 1 is 1.47 bits per heavy atom. The van der Waals surface area contributed by atoms with E-state index in [-0.39, 0.29) is 0 Å². The Morgan fingerprint density at radius 3 is 3.00 bits per heavy atom. The maximum absolute atomic E-state index is 5.55. The smallest absolute Gasteiger partial charge is 0.318 e. The van der Waals surface area contributed by atoms with Crippen molar-refractivity contribution in [2.45, 2.75) is 19.9 Å². The fraction of sp³-hybridized carbons (Fsp3) is 0.455. The lowest BCUT2D eigenvalue weighted by Gasteiger charge is -2.16. The molecule has 0 bridgehead atoms. The number of anilines is 1. The quantitative estimate of drug-likeness (QED) is 0.846. The minimum Gasteiger partial charge on any atom is -0.408 e. The summed E-state index contributed by atoms with van der Waals surface area (Å²) in [5, 5.41) is 10.1. The van der Waals surface area contributed by atoms with Gasteiger partial charge in [0, 0.05) is 24.4 Å². The number of rotatable bonds is 6. The molecule has 6 heteroatoms. The Labute approximate surface area is 104 Å². The summed E-state index contributed by atoms with van der Waals surface area (Å²) in [6.45, 7) is 4.24. The van der Waals surface area contributed by atoms with E-state index in [1.807, 2.05) is 6.07 Å². The number of hydrogen-bond acceptors (Lipinski definition) is 6. The van der Waals surface area contributed by atoms with Crippen molar-refractivity contribution in [3.8, 4) is 0 Å². The molecule has 0 unspecified atom stereocenters. The zero-order chi connectivity index (χ0) is 12.1. The van der Waals surface area contributed by atoms with E-state index >= 15 is 0 Å². The van der Waals surface area contributed by atoms with Crippen molar-refractivity contribution in [3.63, 3.8) is 0 Å². The monoisotopic (exact) mass is 252 g/mol. The van der Waals surface area contributed by atoms with E-state index in [2.05, 4.69) is 33.5 Å². The zero-order valence-corrected chi connectivity index (χ0v) is 10.6. The maximum Gasteiger partial charge on any atom is 0.318 e. The van der Waals surface area contributed by atoms with Gasteiger partial charge < -0.3 is 15.1 Å². The van der Waals surface area contributed by atoms with E-state index in [9.17, 15) is 0 Å². The first-order valence-electron chi connectivity index (χ1n) is 5.63. The number of aromatic nitrogens is 2. The first-order chi connectivity index (χ1) is 8.33. The molecule has 0 aliphatic carbocycles. The van der Waals surface area contributed by atoms with Crippen molar-refractivity contribution in [1.82, 2.24) is 10.2 Å². The molecule has 0 spiro atoms. The van der Waals surface area contributed by atoms with Crippen LogP contribution in [0.3, 0.4) is 0 Å². The predicted octanol–water partition coefficient (Wildman–Crippen LogP) is 1.66. The van der Waals surface area contributed by atoms with Crippen molar-refractivity contribution >= 4 is 17.4 Å². The van der Waals surface area contributed by atoms with Gasteiger partial charge >= 0.3 is 6.01 Å². The van der Waals surface area contributed by atoms with Crippen LogP contribution in [0.2, 0.25) is 0 Å². The van der Waals surface area contributed by atoms with Gasteiger partial charge in [-0.3, -0.25) is 0 Å². The highest BCUT2D eigenvalue weighted by atomic mass is 32.1. The second kappa shape index (κ2) is 5.79. The summed E-state index contributed by atoms with van der Waals surface area (Å²) in [6.07, 6.45) is 0.629. The van der Waals surface area contributed by atoms with Gasteiger partial charge in [0.05, 0.1) is 6.54 Å². The number of hydrogen-bond donors (Lipinski definition) is 1. The van der Waals surface area contributed by atoms with Gasteiger partial charge in [-0.15, -0.1) is 16.4 Å². The molecule has 0 amide bonds. The van der Waals surface area contributed by atoms with Gasteiger partial charge in [-0.25, -0.2) is 0 Å².